The molecule has 12 rings (SSSR count). The predicted octanol–water partition coefficient (Wildman–Crippen LogP) is 16.0. The number of para-hydroxylation sites is 2. The van der Waals surface area contributed by atoms with Crippen molar-refractivity contribution in [2.45, 2.75) is 6.92 Å². The van der Waals surface area contributed by atoms with E-state index >= 15 is 0 Å². The molecule has 0 fully saturated rings. The molecule has 4 nitrogen and oxygen atoms in total. The van der Waals surface area contributed by atoms with Gasteiger partial charge in [0.05, 0.1) is 11.0 Å². The smallest absolute Gasteiger partial charge is 0.154 e. The number of nitrogens with two attached hydrogens (primary N) is 1. The molecule has 0 atom stereocenters. The number of fused-ring (bicyclic) bond motifs is 9. The number of nitrogens with zero attached hydrogens (tertiary/aromatic N) is 2. The Bertz CT molecular complexity index is 3810. The summed E-state index contributed by atoms with van der Waals surface area (Å²) >= 11 is 0. The van der Waals surface area contributed by atoms with Crippen LogP contribution in [0.5, 0.6) is 0 Å². The summed E-state index contributed by atoms with van der Waals surface area (Å²) in [4.78, 5) is 4.45. The normalized spacial score (nSPS) is 11.6. The maximum absolute atomic E-state index is 8.49. The number of hydrogen-bond donors (Lipinski definition) is 2. The Morgan fingerprint density at radius 3 is 1.66 bits per heavy atom. The second-order valence-corrected chi connectivity index (χ2v) is 17.0. The zero-order valence-electron chi connectivity index (χ0n) is 37.1. The SMILES string of the molecule is Cc1ccc(-c2ccccc2)cc1.N=C(N=C(N)c1cccc(-c2ccc3c(c2)c2ccccc2c2cccc(-c4ccc5c6ccccc6n(-c6ccccc6)c5c4)c23)c1)c1ccccc1. The Morgan fingerprint density at radius 2 is 0.896 bits per heavy atom. The Labute approximate surface area is 390 Å². The third-order valence-electron chi connectivity index (χ3n) is 12.8. The van der Waals surface area contributed by atoms with Gasteiger partial charge in [0.15, 0.2) is 5.84 Å². The van der Waals surface area contributed by atoms with Crippen molar-refractivity contribution in [1.29, 1.82) is 5.41 Å². The fraction of sp³-hybridized carbons (Fsp3) is 0.0159. The van der Waals surface area contributed by atoms with Gasteiger partial charge in [-0.25, -0.2) is 4.99 Å². The van der Waals surface area contributed by atoms with E-state index in [1.807, 2.05) is 48.5 Å². The van der Waals surface area contributed by atoms with E-state index in [4.69, 9.17) is 11.1 Å². The van der Waals surface area contributed by atoms with Crippen LogP contribution in [0.15, 0.2) is 248 Å². The maximum Gasteiger partial charge on any atom is 0.154 e. The fourth-order valence-electron chi connectivity index (χ4n) is 9.50. The first-order chi connectivity index (χ1) is 33.0. The van der Waals surface area contributed by atoms with Gasteiger partial charge < -0.3 is 10.3 Å². The topological polar surface area (TPSA) is 67.2 Å². The largest absolute Gasteiger partial charge is 0.383 e. The molecular formula is C63H46N4. The third-order valence-corrected chi connectivity index (χ3v) is 12.8. The van der Waals surface area contributed by atoms with Gasteiger partial charge in [0.1, 0.15) is 5.84 Å². The van der Waals surface area contributed by atoms with Crippen molar-refractivity contribution in [3.05, 3.63) is 259 Å². The number of aryl methyl sites for hydroxylation is 1. The van der Waals surface area contributed by atoms with Crippen LogP contribution in [0.2, 0.25) is 0 Å². The van der Waals surface area contributed by atoms with Crippen molar-refractivity contribution < 1.29 is 0 Å². The minimum atomic E-state index is 0.138. The van der Waals surface area contributed by atoms with Crippen LogP contribution in [-0.2, 0) is 0 Å². The predicted molar refractivity (Wildman–Crippen MR) is 285 cm³/mol. The zero-order chi connectivity index (χ0) is 45.3. The van der Waals surface area contributed by atoms with Crippen LogP contribution < -0.4 is 5.73 Å². The molecule has 67 heavy (non-hydrogen) atoms. The minimum Gasteiger partial charge on any atom is -0.383 e. The zero-order valence-corrected chi connectivity index (χ0v) is 37.1. The lowest BCUT2D eigenvalue weighted by Gasteiger charge is -2.16. The second kappa shape index (κ2) is 17.6. The average Bonchev–Trinajstić information content (AvgIpc) is 3.73. The molecule has 0 aliphatic rings. The first-order valence-electron chi connectivity index (χ1n) is 22.7. The molecule has 0 unspecified atom stereocenters. The van der Waals surface area contributed by atoms with Gasteiger partial charge >= 0.3 is 0 Å². The minimum absolute atomic E-state index is 0.138. The number of aliphatic imine (C=N–C) groups is 1. The van der Waals surface area contributed by atoms with Crippen LogP contribution in [0.1, 0.15) is 16.7 Å². The molecular weight excluding hydrogens is 813 g/mol. The van der Waals surface area contributed by atoms with Crippen LogP contribution in [0.3, 0.4) is 0 Å². The van der Waals surface area contributed by atoms with E-state index in [0.717, 1.165) is 27.9 Å². The van der Waals surface area contributed by atoms with Gasteiger partial charge in [0.2, 0.25) is 0 Å². The molecule has 0 amide bonds. The highest BCUT2D eigenvalue weighted by molar-refractivity contribution is 6.29. The molecule has 0 saturated carbocycles. The van der Waals surface area contributed by atoms with Gasteiger partial charge in [-0.05, 0) is 109 Å². The average molecular weight is 859 g/mol. The van der Waals surface area contributed by atoms with E-state index in [-0.39, 0.29) is 5.84 Å². The number of nitrogens with one attached hydrogen (secondary N) is 1. The van der Waals surface area contributed by atoms with Gasteiger partial charge in [-0.2, -0.15) is 0 Å². The third kappa shape index (κ3) is 7.81. The quantitative estimate of drug-likeness (QED) is 0.0976. The summed E-state index contributed by atoms with van der Waals surface area (Å²) in [5.74, 6) is 0.454. The van der Waals surface area contributed by atoms with Gasteiger partial charge in [-0.15, -0.1) is 0 Å². The second-order valence-electron chi connectivity index (χ2n) is 17.0. The van der Waals surface area contributed by atoms with E-state index in [1.165, 1.54) is 81.9 Å². The summed E-state index contributed by atoms with van der Waals surface area (Å²) in [6, 6.07) is 85.1. The van der Waals surface area contributed by atoms with Gasteiger partial charge in [-0.1, -0.05) is 212 Å². The van der Waals surface area contributed by atoms with Crippen LogP contribution in [-0.4, -0.2) is 16.2 Å². The van der Waals surface area contributed by atoms with E-state index in [9.17, 15) is 0 Å². The van der Waals surface area contributed by atoms with Crippen molar-refractivity contribution in [1.82, 2.24) is 4.57 Å². The fourth-order valence-corrected chi connectivity index (χ4v) is 9.50. The van der Waals surface area contributed by atoms with Crippen molar-refractivity contribution >= 4 is 65.8 Å². The lowest BCUT2D eigenvalue weighted by Crippen LogP contribution is -2.16. The van der Waals surface area contributed by atoms with Gasteiger partial charge in [0, 0.05) is 27.6 Å². The van der Waals surface area contributed by atoms with Crippen LogP contribution in [0.4, 0.5) is 0 Å². The number of aromatic nitrogens is 1. The highest BCUT2D eigenvalue weighted by atomic mass is 15.0. The van der Waals surface area contributed by atoms with Crippen LogP contribution in [0, 0.1) is 12.3 Å². The molecule has 0 radical (unpaired) electrons. The molecule has 0 aliphatic carbocycles. The summed E-state index contributed by atoms with van der Waals surface area (Å²) in [5, 5.41) is 18.3. The first kappa shape index (κ1) is 40.9. The molecule has 0 bridgehead atoms. The summed E-state index contributed by atoms with van der Waals surface area (Å²) in [7, 11) is 0. The lowest BCUT2D eigenvalue weighted by atomic mass is 9.88. The number of amidine groups is 2. The molecule has 3 N–H and O–H groups in total. The van der Waals surface area contributed by atoms with Crippen molar-refractivity contribution in [3.63, 3.8) is 0 Å². The van der Waals surface area contributed by atoms with E-state index in [2.05, 4.69) is 211 Å². The number of benzene rings is 11. The monoisotopic (exact) mass is 858 g/mol. The molecule has 1 heterocycles. The van der Waals surface area contributed by atoms with Crippen molar-refractivity contribution in [2.75, 3.05) is 0 Å². The Morgan fingerprint density at radius 1 is 0.388 bits per heavy atom. The molecule has 11 aromatic carbocycles. The molecule has 0 aliphatic heterocycles. The molecule has 12 aromatic rings. The Hall–Kier alpha value is -8.86. The number of rotatable bonds is 6. The van der Waals surface area contributed by atoms with E-state index in [1.54, 1.807) is 0 Å². The lowest BCUT2D eigenvalue weighted by molar-refractivity contribution is 1.18. The highest BCUT2D eigenvalue weighted by Crippen LogP contribution is 2.43. The molecule has 4 heteroatoms. The van der Waals surface area contributed by atoms with Crippen LogP contribution in [0.25, 0.3) is 93.2 Å². The molecule has 318 valence electrons. The van der Waals surface area contributed by atoms with Gasteiger partial charge in [0.25, 0.3) is 0 Å². The van der Waals surface area contributed by atoms with Crippen molar-refractivity contribution in [3.8, 4) is 39.1 Å². The first-order valence-corrected chi connectivity index (χ1v) is 22.7. The van der Waals surface area contributed by atoms with E-state index in [0.29, 0.717) is 5.84 Å². The van der Waals surface area contributed by atoms with Crippen LogP contribution >= 0.6 is 0 Å². The highest BCUT2D eigenvalue weighted by Gasteiger charge is 2.17. The molecule has 1 aromatic heterocycles. The van der Waals surface area contributed by atoms with Gasteiger partial charge in [-0.3, -0.25) is 5.41 Å². The summed E-state index contributed by atoms with van der Waals surface area (Å²) in [6.45, 7) is 2.11. The summed E-state index contributed by atoms with van der Waals surface area (Å²) in [6.07, 6.45) is 0. The Balaban J connectivity index is 0.000000328. The molecule has 0 spiro atoms. The maximum atomic E-state index is 8.49. The standard InChI is InChI=1S/C50H34N4.C13H12/c51-49(32-13-3-1-4-14-32)53-50(52)36-16-11-15-33(29-36)34-25-28-44-45(30-34)40-20-8-7-19-39(40)43-23-12-22-38(48(43)44)35-26-27-42-41-21-9-10-24-46(41)54(47(42)31-35)37-17-5-2-6-18-37;1-11-7-9-13(10-8-11)12-5-3-2-4-6-12/h1-31H,(H3,51,52,53);2-10H,1H3. The number of hydrogen-bond acceptors (Lipinski definition) is 1. The van der Waals surface area contributed by atoms with Crippen molar-refractivity contribution in [2.24, 2.45) is 10.7 Å². The van der Waals surface area contributed by atoms with E-state index < -0.39 is 0 Å². The molecule has 0 saturated heterocycles. The summed E-state index contributed by atoms with van der Waals surface area (Å²) < 4.78 is 2.38. The summed E-state index contributed by atoms with van der Waals surface area (Å²) in [5.41, 5.74) is 19.9. The Kier molecular flexibility index (Phi) is 10.7.